The molecule has 2 saturated heterocycles. The molecular weight excluding hydrogens is 942 g/mol. The van der Waals surface area contributed by atoms with Crippen molar-refractivity contribution in [3.05, 3.63) is 130 Å². The maximum Gasteiger partial charge on any atom is 0.410 e. The van der Waals surface area contributed by atoms with Gasteiger partial charge in [0.05, 0.1) is 61.3 Å². The molecule has 0 saturated carbocycles. The van der Waals surface area contributed by atoms with E-state index in [4.69, 9.17) is 4.74 Å². The van der Waals surface area contributed by atoms with Crippen molar-refractivity contribution in [1.82, 2.24) is 10.2 Å². The summed E-state index contributed by atoms with van der Waals surface area (Å²) in [6.45, 7) is 11.2. The molecule has 0 unspecified atom stereocenters. The van der Waals surface area contributed by atoms with Crippen LogP contribution in [0.4, 0.5) is 25.0 Å². The number of carbonyl (C=O) groups excluding carboxylic acids is 3. The quantitative estimate of drug-likeness (QED) is 0.0946. The summed E-state index contributed by atoms with van der Waals surface area (Å²) >= 11 is 0. The minimum Gasteiger partial charge on any atom is -0.465 e. The third kappa shape index (κ3) is 14.6. The molecule has 68 heavy (non-hydrogen) atoms. The number of hydrogen-bond donors (Lipinski definition) is 1. The lowest BCUT2D eigenvalue weighted by Gasteiger charge is -2.34. The third-order valence-electron chi connectivity index (χ3n) is 11.7. The van der Waals surface area contributed by atoms with Gasteiger partial charge in [0, 0.05) is 24.2 Å². The number of rotatable bonds is 14. The van der Waals surface area contributed by atoms with E-state index in [1.54, 1.807) is 30.0 Å². The van der Waals surface area contributed by atoms with E-state index < -0.39 is 49.2 Å². The Morgan fingerprint density at radius 2 is 1.07 bits per heavy atom. The van der Waals surface area contributed by atoms with Crippen molar-refractivity contribution in [2.24, 2.45) is 0 Å². The summed E-state index contributed by atoms with van der Waals surface area (Å²) in [5, 5.41) is 3.33. The molecule has 0 aromatic heterocycles. The van der Waals surface area contributed by atoms with Crippen LogP contribution in [0, 0.1) is 11.6 Å². The van der Waals surface area contributed by atoms with Crippen molar-refractivity contribution in [1.29, 1.82) is 0 Å². The predicted octanol–water partition coefficient (Wildman–Crippen LogP) is 8.94. The SMILES string of the molecule is CCS(=O)(=O)N(Cc1ccc(C(=O)OC)cc1F)c1cccc(C2CCN(C(=O)OC(C)(C)C)CC2)c1.CCS(=O)(=O)N(Cc1ccc(C(=O)OC)cc1F)c1cccc(C2CCNCC2)c1.Cl. The van der Waals surface area contributed by atoms with Gasteiger partial charge in [0.15, 0.2) is 0 Å². The van der Waals surface area contributed by atoms with Gasteiger partial charge in [-0.3, -0.25) is 8.61 Å². The van der Waals surface area contributed by atoms with Crippen molar-refractivity contribution in [3.63, 3.8) is 0 Å². The van der Waals surface area contributed by atoms with Crippen molar-refractivity contribution < 1.29 is 54.2 Å². The maximum atomic E-state index is 14.8. The standard InChI is InChI=1S/C27H35FN2O6S.C22H27FN2O4S.ClH/c1-6-37(33,34)30(18-22-11-10-21(17-24(22)28)25(31)35-5)23-9-7-8-20(16-23)19-12-14-29(15-13-19)26(32)36-27(2,3)4;1-3-30(27,28)25(15-19-8-7-18(14-21(19)23)22(26)29-2)20-6-4-5-17(13-20)16-9-11-24-12-10-16;/h7-11,16-17,19H,6,12-15,18H2,1-5H3;4-8,13-14,16,24H,3,9-12,15H2,1-2H3;1H. The molecule has 2 fully saturated rings. The highest BCUT2D eigenvalue weighted by Crippen LogP contribution is 2.34. The number of hydrogen-bond acceptors (Lipinski definition) is 11. The summed E-state index contributed by atoms with van der Waals surface area (Å²) in [7, 11) is -4.96. The summed E-state index contributed by atoms with van der Waals surface area (Å²) in [6.07, 6.45) is 3.08. The molecule has 372 valence electrons. The Morgan fingerprint density at radius 3 is 1.44 bits per heavy atom. The number of nitrogens with one attached hydrogen (secondary N) is 1. The number of likely N-dealkylation sites (tertiary alicyclic amines) is 1. The normalized spacial score (nSPS) is 14.7. The maximum absolute atomic E-state index is 14.8. The third-order valence-corrected chi connectivity index (χ3v) is 15.2. The Morgan fingerprint density at radius 1 is 0.662 bits per heavy atom. The Labute approximate surface area is 405 Å². The number of sulfonamides is 2. The number of carbonyl (C=O) groups is 3. The molecule has 0 radical (unpaired) electrons. The lowest BCUT2D eigenvalue weighted by Crippen LogP contribution is -2.41. The average molecular weight is 1010 g/mol. The first-order valence-electron chi connectivity index (χ1n) is 22.3. The van der Waals surface area contributed by atoms with E-state index in [1.165, 1.54) is 54.0 Å². The Bertz CT molecular complexity index is 2600. The van der Waals surface area contributed by atoms with Gasteiger partial charge in [-0.15, -0.1) is 12.4 Å². The van der Waals surface area contributed by atoms with Gasteiger partial charge in [0.1, 0.15) is 17.2 Å². The van der Waals surface area contributed by atoms with Crippen molar-refractivity contribution in [3.8, 4) is 0 Å². The Balaban J connectivity index is 0.000000298. The van der Waals surface area contributed by atoms with Gasteiger partial charge >= 0.3 is 18.0 Å². The monoisotopic (exact) mass is 1000 g/mol. The Kier molecular flexibility index (Phi) is 19.8. The number of nitrogens with zero attached hydrogens (tertiary/aromatic N) is 3. The molecule has 2 aliphatic rings. The van der Waals surface area contributed by atoms with Crippen LogP contribution in [0.2, 0.25) is 0 Å². The molecule has 2 aliphatic heterocycles. The van der Waals surface area contributed by atoms with E-state index in [2.05, 4.69) is 14.8 Å². The van der Waals surface area contributed by atoms with Gasteiger partial charge in [-0.05, 0) is 145 Å². The van der Waals surface area contributed by atoms with Crippen LogP contribution in [0.5, 0.6) is 0 Å². The van der Waals surface area contributed by atoms with Crippen LogP contribution in [0.25, 0.3) is 0 Å². The van der Waals surface area contributed by atoms with Crippen LogP contribution in [0.1, 0.15) is 115 Å². The smallest absolute Gasteiger partial charge is 0.410 e. The number of piperidine rings is 2. The fraction of sp³-hybridized carbons (Fsp3) is 0.449. The molecule has 0 spiro atoms. The molecule has 4 aromatic rings. The van der Waals surface area contributed by atoms with E-state index in [0.717, 1.165) is 49.2 Å². The van der Waals surface area contributed by atoms with Crippen molar-refractivity contribution in [2.45, 2.75) is 90.8 Å². The molecule has 1 N–H and O–H groups in total. The molecule has 0 atom stereocenters. The van der Waals surface area contributed by atoms with Crippen molar-refractivity contribution in [2.75, 3.05) is 60.5 Å². The number of methoxy groups -OCH3 is 2. The van der Waals surface area contributed by atoms with Crippen LogP contribution in [-0.4, -0.2) is 97.3 Å². The van der Waals surface area contributed by atoms with Gasteiger partial charge in [-0.1, -0.05) is 36.4 Å². The van der Waals surface area contributed by atoms with E-state index in [0.29, 0.717) is 43.2 Å². The zero-order chi connectivity index (χ0) is 49.1. The average Bonchev–Trinajstić information content (AvgIpc) is 3.32. The van der Waals surface area contributed by atoms with E-state index in [1.807, 2.05) is 51.1 Å². The van der Waals surface area contributed by atoms with Gasteiger partial charge in [-0.25, -0.2) is 40.0 Å². The van der Waals surface area contributed by atoms with Crippen LogP contribution >= 0.6 is 12.4 Å². The van der Waals surface area contributed by atoms with E-state index in [9.17, 15) is 40.0 Å². The molecule has 19 heteroatoms. The van der Waals surface area contributed by atoms with Crippen LogP contribution < -0.4 is 13.9 Å². The lowest BCUT2D eigenvalue weighted by molar-refractivity contribution is 0.0204. The first kappa shape index (κ1) is 55.3. The number of ether oxygens (including phenoxy) is 3. The predicted molar refractivity (Wildman–Crippen MR) is 262 cm³/mol. The van der Waals surface area contributed by atoms with Crippen LogP contribution in [-0.2, 0) is 47.3 Å². The summed E-state index contributed by atoms with van der Waals surface area (Å²) < 4.78 is 98.4. The highest BCUT2D eigenvalue weighted by atomic mass is 35.5. The molecule has 0 bridgehead atoms. The summed E-state index contributed by atoms with van der Waals surface area (Å²) in [5.41, 5.74) is 2.90. The van der Waals surface area contributed by atoms with E-state index in [-0.39, 0.29) is 71.3 Å². The molecule has 6 rings (SSSR count). The first-order chi connectivity index (χ1) is 31.7. The van der Waals surface area contributed by atoms with Crippen LogP contribution in [0.3, 0.4) is 0 Å². The number of benzene rings is 4. The second kappa shape index (κ2) is 24.3. The molecular formula is C49H63ClF2N4O10S2. The second-order valence-corrected chi connectivity index (χ2v) is 21.7. The molecule has 4 aromatic carbocycles. The number of anilines is 2. The minimum atomic E-state index is -3.74. The van der Waals surface area contributed by atoms with Gasteiger partial charge in [-0.2, -0.15) is 0 Å². The van der Waals surface area contributed by atoms with E-state index >= 15 is 0 Å². The highest BCUT2D eigenvalue weighted by molar-refractivity contribution is 7.93. The number of esters is 2. The number of halogens is 3. The largest absolute Gasteiger partial charge is 0.465 e. The second-order valence-electron chi connectivity index (χ2n) is 17.4. The Hall–Kier alpha value is -5.30. The molecule has 1 amide bonds. The summed E-state index contributed by atoms with van der Waals surface area (Å²) in [4.78, 5) is 37.4. The topological polar surface area (TPSA) is 169 Å². The fourth-order valence-corrected chi connectivity index (χ4v) is 10.1. The molecule has 0 aliphatic carbocycles. The number of amides is 1. The lowest BCUT2D eigenvalue weighted by atomic mass is 9.89. The summed E-state index contributed by atoms with van der Waals surface area (Å²) in [6, 6.07) is 22.5. The molecule has 2 heterocycles. The highest BCUT2D eigenvalue weighted by Gasteiger charge is 2.30. The van der Waals surface area contributed by atoms with Gasteiger partial charge in [0.25, 0.3) is 0 Å². The molecule has 14 nitrogen and oxygen atoms in total. The first-order valence-corrected chi connectivity index (χ1v) is 25.5. The zero-order valence-electron chi connectivity index (χ0n) is 39.6. The van der Waals surface area contributed by atoms with Crippen LogP contribution in [0.15, 0.2) is 84.9 Å². The minimum absolute atomic E-state index is 0. The zero-order valence-corrected chi connectivity index (χ0v) is 42.1. The van der Waals surface area contributed by atoms with Gasteiger partial charge in [0.2, 0.25) is 20.0 Å². The van der Waals surface area contributed by atoms with Gasteiger partial charge < -0.3 is 24.4 Å². The fourth-order valence-electron chi connectivity index (χ4n) is 7.91. The summed E-state index contributed by atoms with van der Waals surface area (Å²) in [5.74, 6) is -2.41. The van der Waals surface area contributed by atoms with Crippen molar-refractivity contribution >= 4 is 61.9 Å².